The molecule has 0 spiro atoms. The minimum Gasteiger partial charge on any atom is -0.317 e. The van der Waals surface area contributed by atoms with E-state index in [4.69, 9.17) is 11.6 Å². The third-order valence-corrected chi connectivity index (χ3v) is 4.65. The van der Waals surface area contributed by atoms with E-state index in [2.05, 4.69) is 5.32 Å². The molecule has 0 unspecified atom stereocenters. The van der Waals surface area contributed by atoms with Gasteiger partial charge in [0.25, 0.3) is 5.91 Å². The van der Waals surface area contributed by atoms with Crippen LogP contribution in [0.3, 0.4) is 0 Å². The molecular weight excluding hydrogens is 308 g/mol. The number of rotatable bonds is 4. The number of piperidine rings is 1. The Bertz CT molecular complexity index is 653. The smallest absolute Gasteiger partial charge is 0.259 e. The molecule has 1 aliphatic heterocycles. The molecule has 0 bridgehead atoms. The predicted molar refractivity (Wildman–Crippen MR) is 95.2 cm³/mol. The van der Waals surface area contributed by atoms with Crippen molar-refractivity contribution in [3.05, 3.63) is 65.2 Å². The van der Waals surface area contributed by atoms with E-state index in [1.54, 1.807) is 12.1 Å². The lowest BCUT2D eigenvalue weighted by molar-refractivity contribution is 0.0981. The van der Waals surface area contributed by atoms with Crippen molar-refractivity contribution in [3.63, 3.8) is 0 Å². The van der Waals surface area contributed by atoms with E-state index in [1.165, 1.54) is 0 Å². The van der Waals surface area contributed by atoms with Gasteiger partial charge in [0.05, 0.1) is 10.6 Å². The maximum atomic E-state index is 13.1. The summed E-state index contributed by atoms with van der Waals surface area (Å²) in [4.78, 5) is 14.9. The minimum atomic E-state index is -0.0275. The molecule has 2 aromatic carbocycles. The van der Waals surface area contributed by atoms with E-state index < -0.39 is 0 Å². The first kappa shape index (κ1) is 16.0. The third-order valence-electron chi connectivity index (χ3n) is 4.32. The molecule has 23 heavy (non-hydrogen) atoms. The normalized spacial score (nSPS) is 15.3. The lowest BCUT2D eigenvalue weighted by atomic mass is 9.97. The molecule has 1 heterocycles. The quantitative estimate of drug-likeness (QED) is 0.920. The number of amides is 1. The number of para-hydroxylation sites is 1. The molecule has 1 amide bonds. The van der Waals surface area contributed by atoms with Crippen LogP contribution >= 0.6 is 11.6 Å². The average Bonchev–Trinajstić information content (AvgIpc) is 2.61. The first-order valence-corrected chi connectivity index (χ1v) is 8.45. The first-order valence-electron chi connectivity index (χ1n) is 8.08. The van der Waals surface area contributed by atoms with Crippen molar-refractivity contribution in [3.8, 4) is 0 Å². The van der Waals surface area contributed by atoms with Crippen LogP contribution in [0.2, 0.25) is 5.02 Å². The monoisotopic (exact) mass is 328 g/mol. The van der Waals surface area contributed by atoms with Gasteiger partial charge in [0, 0.05) is 12.2 Å². The van der Waals surface area contributed by atoms with Crippen molar-refractivity contribution in [1.82, 2.24) is 5.32 Å². The van der Waals surface area contributed by atoms with Crippen molar-refractivity contribution in [2.75, 3.05) is 24.5 Å². The molecule has 0 saturated carbocycles. The van der Waals surface area contributed by atoms with Crippen LogP contribution in [0.1, 0.15) is 23.2 Å². The molecule has 4 heteroatoms. The standard InChI is InChI=1S/C19H21ClN2O/c20-18-9-5-4-8-17(18)19(23)22(16-6-2-1-3-7-16)14-15-10-12-21-13-11-15/h1-9,15,21H,10-14H2. The second kappa shape index (κ2) is 7.62. The Hall–Kier alpha value is -1.84. The lowest BCUT2D eigenvalue weighted by Gasteiger charge is -2.30. The van der Waals surface area contributed by atoms with Gasteiger partial charge in [-0.05, 0) is 56.1 Å². The highest BCUT2D eigenvalue weighted by molar-refractivity contribution is 6.34. The number of hydrogen-bond acceptors (Lipinski definition) is 2. The summed E-state index contributed by atoms with van der Waals surface area (Å²) in [5.74, 6) is 0.489. The molecule has 0 aliphatic carbocycles. The summed E-state index contributed by atoms with van der Waals surface area (Å²) >= 11 is 6.24. The molecule has 1 N–H and O–H groups in total. The second-order valence-electron chi connectivity index (χ2n) is 5.92. The summed E-state index contributed by atoms with van der Waals surface area (Å²) in [7, 11) is 0. The summed E-state index contributed by atoms with van der Waals surface area (Å²) < 4.78 is 0. The number of anilines is 1. The van der Waals surface area contributed by atoms with Gasteiger partial charge in [-0.15, -0.1) is 0 Å². The van der Waals surface area contributed by atoms with E-state index in [0.29, 0.717) is 16.5 Å². The molecule has 0 radical (unpaired) electrons. The zero-order chi connectivity index (χ0) is 16.1. The molecule has 0 atom stereocenters. The maximum absolute atomic E-state index is 13.1. The van der Waals surface area contributed by atoms with Crippen molar-refractivity contribution in [2.24, 2.45) is 5.92 Å². The summed E-state index contributed by atoms with van der Waals surface area (Å²) in [5.41, 5.74) is 1.49. The van der Waals surface area contributed by atoms with E-state index >= 15 is 0 Å². The van der Waals surface area contributed by atoms with Crippen LogP contribution in [0.15, 0.2) is 54.6 Å². The van der Waals surface area contributed by atoms with Crippen molar-refractivity contribution >= 4 is 23.2 Å². The zero-order valence-corrected chi connectivity index (χ0v) is 13.8. The highest BCUT2D eigenvalue weighted by atomic mass is 35.5. The predicted octanol–water partition coefficient (Wildman–Crippen LogP) is 3.99. The molecular formula is C19H21ClN2O. The van der Waals surface area contributed by atoms with Crippen molar-refractivity contribution in [2.45, 2.75) is 12.8 Å². The Morgan fingerprint density at radius 1 is 1.04 bits per heavy atom. The van der Waals surface area contributed by atoms with Crippen molar-refractivity contribution < 1.29 is 4.79 Å². The van der Waals surface area contributed by atoms with Crippen LogP contribution in [0.4, 0.5) is 5.69 Å². The number of nitrogens with one attached hydrogen (secondary N) is 1. The van der Waals surface area contributed by atoms with Gasteiger partial charge in [-0.3, -0.25) is 4.79 Å². The van der Waals surface area contributed by atoms with Crippen LogP contribution in [0.5, 0.6) is 0 Å². The number of nitrogens with zero attached hydrogens (tertiary/aromatic N) is 1. The Morgan fingerprint density at radius 3 is 2.39 bits per heavy atom. The summed E-state index contributed by atoms with van der Waals surface area (Å²) in [6.07, 6.45) is 2.19. The van der Waals surface area contributed by atoms with Crippen molar-refractivity contribution in [1.29, 1.82) is 0 Å². The van der Waals surface area contributed by atoms with Gasteiger partial charge < -0.3 is 10.2 Å². The van der Waals surface area contributed by atoms with Gasteiger partial charge in [-0.1, -0.05) is 41.9 Å². The number of benzene rings is 2. The first-order chi connectivity index (χ1) is 11.3. The van der Waals surface area contributed by atoms with E-state index in [0.717, 1.165) is 38.2 Å². The average molecular weight is 329 g/mol. The molecule has 3 rings (SSSR count). The molecule has 120 valence electrons. The third kappa shape index (κ3) is 3.92. The topological polar surface area (TPSA) is 32.3 Å². The van der Waals surface area contributed by atoms with Gasteiger partial charge >= 0.3 is 0 Å². The molecule has 1 aliphatic rings. The largest absolute Gasteiger partial charge is 0.317 e. The molecule has 1 saturated heterocycles. The maximum Gasteiger partial charge on any atom is 0.259 e. The van der Waals surface area contributed by atoms with E-state index in [9.17, 15) is 4.79 Å². The van der Waals surface area contributed by atoms with Gasteiger partial charge in [0.1, 0.15) is 0 Å². The summed E-state index contributed by atoms with van der Waals surface area (Å²) in [5, 5.41) is 3.88. The second-order valence-corrected chi connectivity index (χ2v) is 6.33. The van der Waals surface area contributed by atoms with Crippen LogP contribution in [0, 0.1) is 5.92 Å². The number of halogens is 1. The fourth-order valence-corrected chi connectivity index (χ4v) is 3.23. The highest BCUT2D eigenvalue weighted by Crippen LogP contribution is 2.24. The fourth-order valence-electron chi connectivity index (χ4n) is 3.02. The summed E-state index contributed by atoms with van der Waals surface area (Å²) in [6.45, 7) is 2.77. The van der Waals surface area contributed by atoms with Gasteiger partial charge in [-0.25, -0.2) is 0 Å². The van der Waals surface area contributed by atoms with Gasteiger partial charge in [0.15, 0.2) is 0 Å². The van der Waals surface area contributed by atoms with E-state index in [1.807, 2.05) is 47.4 Å². The van der Waals surface area contributed by atoms with Crippen LogP contribution in [-0.4, -0.2) is 25.5 Å². The number of carbonyl (C=O) groups is 1. The van der Waals surface area contributed by atoms with Crippen LogP contribution < -0.4 is 10.2 Å². The Labute approximate surface area is 142 Å². The lowest BCUT2D eigenvalue weighted by Crippen LogP contribution is -2.39. The SMILES string of the molecule is O=C(c1ccccc1Cl)N(CC1CCNCC1)c1ccccc1. The van der Waals surface area contributed by atoms with Gasteiger partial charge in [-0.2, -0.15) is 0 Å². The summed E-state index contributed by atoms with van der Waals surface area (Å²) in [6, 6.07) is 17.1. The Kier molecular flexibility index (Phi) is 5.31. The molecule has 2 aromatic rings. The Morgan fingerprint density at radius 2 is 1.70 bits per heavy atom. The van der Waals surface area contributed by atoms with Crippen LogP contribution in [0.25, 0.3) is 0 Å². The van der Waals surface area contributed by atoms with Gasteiger partial charge in [0.2, 0.25) is 0 Å². The number of carbonyl (C=O) groups excluding carboxylic acids is 1. The Balaban J connectivity index is 1.88. The molecule has 0 aromatic heterocycles. The minimum absolute atomic E-state index is 0.0275. The highest BCUT2D eigenvalue weighted by Gasteiger charge is 2.24. The van der Waals surface area contributed by atoms with Crippen LogP contribution in [-0.2, 0) is 0 Å². The molecule has 3 nitrogen and oxygen atoms in total. The fraction of sp³-hybridized carbons (Fsp3) is 0.316. The van der Waals surface area contributed by atoms with E-state index in [-0.39, 0.29) is 5.91 Å². The number of hydrogen-bond donors (Lipinski definition) is 1. The molecule has 1 fully saturated rings. The zero-order valence-electron chi connectivity index (χ0n) is 13.0.